The first kappa shape index (κ1) is 21.9. The van der Waals surface area contributed by atoms with Crippen LogP contribution in [0.1, 0.15) is 33.9 Å². The highest BCUT2D eigenvalue weighted by Crippen LogP contribution is 2.47. The van der Waals surface area contributed by atoms with Crippen molar-refractivity contribution in [1.82, 2.24) is 5.01 Å². The number of methoxy groups -OCH3 is 2. The molecule has 1 aliphatic heterocycles. The van der Waals surface area contributed by atoms with E-state index < -0.39 is 0 Å². The fraction of sp³-hybridized carbons (Fsp3) is 0.259. The van der Waals surface area contributed by atoms with Crippen molar-refractivity contribution in [2.45, 2.75) is 26.3 Å². The number of halogens is 1. The summed E-state index contributed by atoms with van der Waals surface area (Å²) in [5, 5.41) is 9.29. The van der Waals surface area contributed by atoms with E-state index in [4.69, 9.17) is 14.6 Å². The SMILES string of the molecule is COc1cc2c(cc1OC)C1=NN(C(=O)Nc3ccc(C)cc3C)C(c3ccc(F)cc3)C1C2. The summed E-state index contributed by atoms with van der Waals surface area (Å²) >= 11 is 0. The molecule has 1 heterocycles. The van der Waals surface area contributed by atoms with E-state index in [1.54, 1.807) is 26.4 Å². The van der Waals surface area contributed by atoms with Crippen LogP contribution in [-0.4, -0.2) is 31.0 Å². The van der Waals surface area contributed by atoms with E-state index in [0.29, 0.717) is 17.9 Å². The number of hydrogen-bond acceptors (Lipinski definition) is 4. The van der Waals surface area contributed by atoms with Gasteiger partial charge in [-0.2, -0.15) is 5.10 Å². The van der Waals surface area contributed by atoms with Crippen LogP contribution in [0.15, 0.2) is 59.7 Å². The van der Waals surface area contributed by atoms with Crippen molar-refractivity contribution < 1.29 is 18.7 Å². The van der Waals surface area contributed by atoms with Crippen LogP contribution in [0.3, 0.4) is 0 Å². The number of hydrogen-bond donors (Lipinski definition) is 1. The van der Waals surface area contributed by atoms with Gasteiger partial charge >= 0.3 is 6.03 Å². The van der Waals surface area contributed by atoms with Crippen LogP contribution in [0.4, 0.5) is 14.9 Å². The van der Waals surface area contributed by atoms with Gasteiger partial charge in [0.25, 0.3) is 0 Å². The zero-order chi connectivity index (χ0) is 24.0. The van der Waals surface area contributed by atoms with E-state index in [1.165, 1.54) is 17.1 Å². The number of benzene rings is 3. The van der Waals surface area contributed by atoms with Gasteiger partial charge in [-0.1, -0.05) is 29.8 Å². The number of rotatable bonds is 4. The van der Waals surface area contributed by atoms with E-state index in [0.717, 1.165) is 39.2 Å². The molecule has 0 bridgehead atoms. The second-order valence-electron chi connectivity index (χ2n) is 8.75. The third-order valence-electron chi connectivity index (χ3n) is 6.58. The number of amides is 2. The number of hydrazone groups is 1. The molecule has 6 nitrogen and oxygen atoms in total. The summed E-state index contributed by atoms with van der Waals surface area (Å²) in [7, 11) is 3.20. The fourth-order valence-electron chi connectivity index (χ4n) is 4.93. The molecule has 2 amide bonds. The minimum atomic E-state index is -0.370. The van der Waals surface area contributed by atoms with Gasteiger partial charge in [-0.3, -0.25) is 0 Å². The first-order chi connectivity index (χ1) is 16.4. The largest absolute Gasteiger partial charge is 0.493 e. The number of anilines is 1. The molecule has 7 heteroatoms. The first-order valence-electron chi connectivity index (χ1n) is 11.2. The summed E-state index contributed by atoms with van der Waals surface area (Å²) in [6.07, 6.45) is 0.684. The third kappa shape index (κ3) is 3.67. The Morgan fingerprint density at radius 2 is 1.74 bits per heavy atom. The van der Waals surface area contributed by atoms with Gasteiger partial charge in [0.15, 0.2) is 11.5 Å². The molecule has 0 spiro atoms. The van der Waals surface area contributed by atoms with Crippen LogP contribution in [0.5, 0.6) is 11.5 Å². The number of nitrogens with zero attached hydrogens (tertiary/aromatic N) is 2. The van der Waals surface area contributed by atoms with E-state index in [2.05, 4.69) is 5.32 Å². The Morgan fingerprint density at radius 3 is 2.41 bits per heavy atom. The van der Waals surface area contributed by atoms with Gasteiger partial charge in [0.05, 0.1) is 26.0 Å². The summed E-state index contributed by atoms with van der Waals surface area (Å²) in [5.74, 6) is 0.881. The Labute approximate surface area is 198 Å². The maximum absolute atomic E-state index is 13.7. The number of carbonyl (C=O) groups excluding carboxylic acids is 1. The standard InChI is InChI=1S/C27H26FN3O3/c1-15-5-10-22(16(2)11-15)29-27(32)31-26(17-6-8-19(28)9-7-17)21-12-18-13-23(33-3)24(34-4)14-20(18)25(21)30-31/h5-11,13-14,21,26H,12H2,1-4H3,(H,29,32). The normalized spacial score (nSPS) is 18.3. The molecular formula is C27H26FN3O3. The summed E-state index contributed by atoms with van der Waals surface area (Å²) in [5.41, 5.74) is 6.50. The van der Waals surface area contributed by atoms with Gasteiger partial charge in [0, 0.05) is 17.2 Å². The van der Waals surface area contributed by atoms with Gasteiger partial charge in [-0.25, -0.2) is 14.2 Å². The number of nitrogens with one attached hydrogen (secondary N) is 1. The molecule has 5 rings (SSSR count). The summed E-state index contributed by atoms with van der Waals surface area (Å²) in [6.45, 7) is 3.97. The predicted octanol–water partition coefficient (Wildman–Crippen LogP) is 5.63. The van der Waals surface area contributed by atoms with Crippen LogP contribution in [0.2, 0.25) is 0 Å². The molecule has 0 saturated heterocycles. The van der Waals surface area contributed by atoms with Gasteiger partial charge in [-0.15, -0.1) is 0 Å². The van der Waals surface area contributed by atoms with Crippen LogP contribution in [-0.2, 0) is 6.42 Å². The first-order valence-corrected chi connectivity index (χ1v) is 11.2. The van der Waals surface area contributed by atoms with Crippen LogP contribution in [0, 0.1) is 25.6 Å². The quantitative estimate of drug-likeness (QED) is 0.550. The molecule has 2 atom stereocenters. The van der Waals surface area contributed by atoms with Crippen LogP contribution in [0.25, 0.3) is 0 Å². The molecule has 3 aromatic rings. The second-order valence-corrected chi connectivity index (χ2v) is 8.75. The van der Waals surface area contributed by atoms with E-state index in [-0.39, 0.29) is 23.8 Å². The summed E-state index contributed by atoms with van der Waals surface area (Å²) in [4.78, 5) is 13.5. The molecule has 3 aromatic carbocycles. The average molecular weight is 460 g/mol. The summed E-state index contributed by atoms with van der Waals surface area (Å²) < 4.78 is 24.7. The van der Waals surface area contributed by atoms with Gasteiger partial charge in [-0.05, 0) is 67.3 Å². The summed E-state index contributed by atoms with van der Waals surface area (Å²) in [6, 6.07) is 15.3. The Kier molecular flexibility index (Phi) is 5.48. The Balaban J connectivity index is 1.55. The lowest BCUT2D eigenvalue weighted by molar-refractivity contribution is 0.190. The minimum absolute atomic E-state index is 0.0675. The molecule has 2 aliphatic rings. The third-order valence-corrected chi connectivity index (χ3v) is 6.58. The highest BCUT2D eigenvalue weighted by atomic mass is 19.1. The minimum Gasteiger partial charge on any atom is -0.493 e. The van der Waals surface area contributed by atoms with Crippen molar-refractivity contribution in [3.63, 3.8) is 0 Å². The smallest absolute Gasteiger partial charge is 0.342 e. The predicted molar refractivity (Wildman–Crippen MR) is 129 cm³/mol. The highest BCUT2D eigenvalue weighted by molar-refractivity contribution is 6.09. The number of carbonyl (C=O) groups is 1. The molecule has 0 saturated carbocycles. The van der Waals surface area contributed by atoms with Crippen LogP contribution < -0.4 is 14.8 Å². The molecule has 0 fully saturated rings. The van der Waals surface area contributed by atoms with Crippen LogP contribution >= 0.6 is 0 Å². The second kappa shape index (κ2) is 8.48. The van der Waals surface area contributed by atoms with Crippen molar-refractivity contribution in [3.05, 3.63) is 88.2 Å². The number of aryl methyl sites for hydroxylation is 2. The zero-order valence-electron chi connectivity index (χ0n) is 19.6. The lowest BCUT2D eigenvalue weighted by atomic mass is 9.90. The molecule has 1 aliphatic carbocycles. The molecule has 1 N–H and O–H groups in total. The van der Waals surface area contributed by atoms with Gasteiger partial charge < -0.3 is 14.8 Å². The van der Waals surface area contributed by atoms with Crippen molar-refractivity contribution >= 4 is 17.4 Å². The Morgan fingerprint density at radius 1 is 1.03 bits per heavy atom. The van der Waals surface area contributed by atoms with E-state index in [1.807, 2.05) is 44.2 Å². The fourth-order valence-corrected chi connectivity index (χ4v) is 4.93. The monoisotopic (exact) mass is 459 g/mol. The number of fused-ring (bicyclic) bond motifs is 3. The number of ether oxygens (including phenoxy) is 2. The Hall–Kier alpha value is -3.87. The van der Waals surface area contributed by atoms with Gasteiger partial charge in [0.1, 0.15) is 5.82 Å². The van der Waals surface area contributed by atoms with Crippen molar-refractivity contribution in [2.75, 3.05) is 19.5 Å². The zero-order valence-corrected chi connectivity index (χ0v) is 19.6. The maximum atomic E-state index is 13.7. The van der Waals surface area contributed by atoms with Crippen molar-refractivity contribution in [2.24, 2.45) is 11.0 Å². The molecule has 2 unspecified atom stereocenters. The average Bonchev–Trinajstić information content (AvgIpc) is 3.36. The molecular weight excluding hydrogens is 433 g/mol. The molecule has 0 aromatic heterocycles. The Bertz CT molecular complexity index is 1300. The number of urea groups is 1. The van der Waals surface area contributed by atoms with Crippen molar-refractivity contribution in [1.29, 1.82) is 0 Å². The topological polar surface area (TPSA) is 63.2 Å². The van der Waals surface area contributed by atoms with E-state index in [9.17, 15) is 9.18 Å². The van der Waals surface area contributed by atoms with E-state index >= 15 is 0 Å². The lowest BCUT2D eigenvalue weighted by Gasteiger charge is -2.26. The molecule has 0 radical (unpaired) electrons. The van der Waals surface area contributed by atoms with Crippen molar-refractivity contribution in [3.8, 4) is 11.5 Å². The lowest BCUT2D eigenvalue weighted by Crippen LogP contribution is -2.34. The highest BCUT2D eigenvalue weighted by Gasteiger charge is 2.46. The maximum Gasteiger partial charge on any atom is 0.342 e. The van der Waals surface area contributed by atoms with Gasteiger partial charge in [0.2, 0.25) is 0 Å². The molecule has 174 valence electrons. The molecule has 34 heavy (non-hydrogen) atoms.